The van der Waals surface area contributed by atoms with Crippen LogP contribution in [0.15, 0.2) is 87.8 Å². The van der Waals surface area contributed by atoms with Crippen molar-refractivity contribution in [2.75, 3.05) is 17.1 Å². The van der Waals surface area contributed by atoms with E-state index in [1.165, 1.54) is 4.90 Å². The number of amides is 2. The highest BCUT2D eigenvalue weighted by Crippen LogP contribution is 2.28. The minimum absolute atomic E-state index is 0.0620. The molecule has 3 aromatic rings. The zero-order valence-electron chi connectivity index (χ0n) is 23.0. The molecular weight excluding hydrogens is 670 g/mol. The molecule has 0 bridgehead atoms. The number of para-hydroxylation sites is 1. The van der Waals surface area contributed by atoms with E-state index in [2.05, 4.69) is 37.2 Å². The van der Waals surface area contributed by atoms with Gasteiger partial charge in [0.2, 0.25) is 21.8 Å². The van der Waals surface area contributed by atoms with Crippen molar-refractivity contribution in [3.05, 3.63) is 98.9 Å². The number of hydrogen-bond donors (Lipinski definition) is 1. The average molecular weight is 706 g/mol. The summed E-state index contributed by atoms with van der Waals surface area (Å²) < 4.78 is 28.4. The summed E-state index contributed by atoms with van der Waals surface area (Å²) in [7, 11) is -3.83. The maximum absolute atomic E-state index is 14.2. The van der Waals surface area contributed by atoms with Crippen molar-refractivity contribution in [3.63, 3.8) is 0 Å². The van der Waals surface area contributed by atoms with Gasteiger partial charge in [0.25, 0.3) is 0 Å². The normalized spacial score (nSPS) is 14.7. The lowest BCUT2D eigenvalue weighted by Gasteiger charge is -2.35. The zero-order valence-corrected chi connectivity index (χ0v) is 27.0. The van der Waals surface area contributed by atoms with Gasteiger partial charge >= 0.3 is 0 Å². The van der Waals surface area contributed by atoms with Crippen LogP contribution in [0, 0.1) is 0 Å². The fraction of sp³-hybridized carbons (Fsp3) is 0.355. The van der Waals surface area contributed by atoms with Crippen LogP contribution in [-0.4, -0.2) is 50.0 Å². The Morgan fingerprint density at radius 1 is 0.878 bits per heavy atom. The van der Waals surface area contributed by atoms with Crippen molar-refractivity contribution in [2.45, 2.75) is 57.2 Å². The van der Waals surface area contributed by atoms with Crippen LogP contribution in [0.3, 0.4) is 0 Å². The molecule has 0 radical (unpaired) electrons. The van der Waals surface area contributed by atoms with E-state index in [0.29, 0.717) is 16.6 Å². The SMILES string of the molecule is CS(=O)(=O)N(CC(=O)N(Cc1ccc(Br)cc1)C(Cc1ccccc1)C(=O)NC1CCCCC1)c1ccccc1Br. The number of carbonyl (C=O) groups is 2. The molecule has 1 atom stereocenters. The second-order valence-electron chi connectivity index (χ2n) is 10.4. The Morgan fingerprint density at radius 2 is 1.51 bits per heavy atom. The molecule has 2 amide bonds. The van der Waals surface area contributed by atoms with Crippen LogP contribution in [0.4, 0.5) is 5.69 Å². The minimum Gasteiger partial charge on any atom is -0.352 e. The highest BCUT2D eigenvalue weighted by Gasteiger charge is 2.34. The summed E-state index contributed by atoms with van der Waals surface area (Å²) in [6.45, 7) is -0.296. The average Bonchev–Trinajstić information content (AvgIpc) is 2.95. The first-order valence-corrected chi connectivity index (χ1v) is 17.2. The second kappa shape index (κ2) is 14.5. The topological polar surface area (TPSA) is 86.8 Å². The van der Waals surface area contributed by atoms with Gasteiger partial charge < -0.3 is 10.2 Å². The molecule has 0 aromatic heterocycles. The molecule has 0 heterocycles. The highest BCUT2D eigenvalue weighted by atomic mass is 79.9. The first kappa shape index (κ1) is 31.3. The number of hydrogen-bond acceptors (Lipinski definition) is 4. The van der Waals surface area contributed by atoms with Gasteiger partial charge in [-0.15, -0.1) is 0 Å². The Morgan fingerprint density at radius 3 is 2.15 bits per heavy atom. The summed E-state index contributed by atoms with van der Waals surface area (Å²) in [5.41, 5.74) is 2.10. The smallest absolute Gasteiger partial charge is 0.244 e. The Bertz CT molecular complexity index is 1430. The molecule has 3 aromatic carbocycles. The maximum atomic E-state index is 14.2. The zero-order chi connectivity index (χ0) is 29.4. The van der Waals surface area contributed by atoms with Gasteiger partial charge in [-0.05, 0) is 64.2 Å². The maximum Gasteiger partial charge on any atom is 0.244 e. The molecule has 7 nitrogen and oxygen atoms in total. The Hall–Kier alpha value is -2.69. The van der Waals surface area contributed by atoms with Gasteiger partial charge in [0, 0.05) is 28.0 Å². The molecule has 0 aliphatic heterocycles. The Kier molecular flexibility index (Phi) is 11.0. The summed E-state index contributed by atoms with van der Waals surface area (Å²) in [4.78, 5) is 29.7. The first-order chi connectivity index (χ1) is 19.6. The lowest BCUT2D eigenvalue weighted by molar-refractivity contribution is -0.140. The summed E-state index contributed by atoms with van der Waals surface area (Å²) in [6, 6.07) is 23.3. The molecule has 218 valence electrons. The van der Waals surface area contributed by atoms with E-state index in [4.69, 9.17) is 0 Å². The van der Waals surface area contributed by atoms with E-state index in [1.54, 1.807) is 24.3 Å². The van der Waals surface area contributed by atoms with Crippen LogP contribution in [0.5, 0.6) is 0 Å². The van der Waals surface area contributed by atoms with Gasteiger partial charge in [-0.25, -0.2) is 8.42 Å². The lowest BCUT2D eigenvalue weighted by Crippen LogP contribution is -2.55. The van der Waals surface area contributed by atoms with Crippen LogP contribution in [-0.2, 0) is 32.6 Å². The van der Waals surface area contributed by atoms with Crippen LogP contribution in [0.25, 0.3) is 0 Å². The summed E-state index contributed by atoms with van der Waals surface area (Å²) in [5, 5.41) is 3.21. The number of halogens is 2. The number of sulfonamides is 1. The molecule has 1 aliphatic carbocycles. The Balaban J connectivity index is 1.72. The first-order valence-electron chi connectivity index (χ1n) is 13.7. The van der Waals surface area contributed by atoms with Crippen LogP contribution >= 0.6 is 31.9 Å². The molecule has 4 rings (SSSR count). The fourth-order valence-corrected chi connectivity index (χ4v) is 6.88. The fourth-order valence-electron chi connectivity index (χ4n) is 5.13. The summed E-state index contributed by atoms with van der Waals surface area (Å²) in [5.74, 6) is -0.688. The summed E-state index contributed by atoms with van der Waals surface area (Å²) in [6.07, 6.45) is 6.48. The second-order valence-corrected chi connectivity index (χ2v) is 14.1. The molecular formula is C31H35Br2N3O4S. The number of anilines is 1. The van der Waals surface area contributed by atoms with Crippen molar-refractivity contribution in [1.82, 2.24) is 10.2 Å². The van der Waals surface area contributed by atoms with Crippen molar-refractivity contribution >= 4 is 59.4 Å². The largest absolute Gasteiger partial charge is 0.352 e. The third kappa shape index (κ3) is 8.90. The van der Waals surface area contributed by atoms with E-state index in [-0.39, 0.29) is 18.5 Å². The molecule has 0 saturated heterocycles. The molecule has 41 heavy (non-hydrogen) atoms. The van der Waals surface area contributed by atoms with Crippen molar-refractivity contribution in [3.8, 4) is 0 Å². The van der Waals surface area contributed by atoms with Crippen molar-refractivity contribution in [1.29, 1.82) is 0 Å². The third-order valence-corrected chi connectivity index (χ3v) is 9.61. The monoisotopic (exact) mass is 703 g/mol. The number of rotatable bonds is 11. The standard InChI is InChI=1S/C31H35Br2N3O4S/c1-41(39,40)36(28-15-9-8-14-27(28)33)22-30(37)35(21-24-16-18-25(32)19-17-24)29(20-23-10-4-2-5-11-23)31(38)34-26-12-6-3-7-13-26/h2,4-5,8-11,14-19,26,29H,3,6-7,12-13,20-22H2,1H3,(H,34,38). The van der Waals surface area contributed by atoms with Crippen molar-refractivity contribution < 1.29 is 18.0 Å². The van der Waals surface area contributed by atoms with E-state index >= 15 is 0 Å². The van der Waals surface area contributed by atoms with Gasteiger partial charge in [0.05, 0.1) is 11.9 Å². The number of nitrogens with zero attached hydrogens (tertiary/aromatic N) is 2. The molecule has 10 heteroatoms. The van der Waals surface area contributed by atoms with Crippen LogP contribution in [0.1, 0.15) is 43.2 Å². The van der Waals surface area contributed by atoms with Crippen LogP contribution in [0.2, 0.25) is 0 Å². The molecule has 0 spiro atoms. The van der Waals surface area contributed by atoms with E-state index in [0.717, 1.165) is 58.3 Å². The molecule has 1 unspecified atom stereocenters. The van der Waals surface area contributed by atoms with Gasteiger partial charge in [-0.1, -0.05) is 89.8 Å². The number of benzene rings is 3. The molecule has 1 aliphatic rings. The predicted molar refractivity (Wildman–Crippen MR) is 170 cm³/mol. The minimum atomic E-state index is -3.83. The molecule has 1 saturated carbocycles. The van der Waals surface area contributed by atoms with Gasteiger partial charge in [0.15, 0.2) is 0 Å². The quantitative estimate of drug-likeness (QED) is 0.263. The number of carbonyl (C=O) groups excluding carboxylic acids is 2. The van der Waals surface area contributed by atoms with E-state index < -0.39 is 28.5 Å². The molecule has 1 fully saturated rings. The molecule has 1 N–H and O–H groups in total. The highest BCUT2D eigenvalue weighted by molar-refractivity contribution is 9.10. The third-order valence-electron chi connectivity index (χ3n) is 7.29. The van der Waals surface area contributed by atoms with Crippen molar-refractivity contribution in [2.24, 2.45) is 0 Å². The van der Waals surface area contributed by atoms with Gasteiger partial charge in [-0.3, -0.25) is 13.9 Å². The number of nitrogens with one attached hydrogen (secondary N) is 1. The summed E-state index contributed by atoms with van der Waals surface area (Å²) >= 11 is 6.89. The Labute approximate surface area is 259 Å². The lowest BCUT2D eigenvalue weighted by atomic mass is 9.94. The van der Waals surface area contributed by atoms with E-state index in [1.807, 2.05) is 54.6 Å². The van der Waals surface area contributed by atoms with Gasteiger partial charge in [-0.2, -0.15) is 0 Å². The predicted octanol–water partition coefficient (Wildman–Crippen LogP) is 6.07. The van der Waals surface area contributed by atoms with Crippen LogP contribution < -0.4 is 9.62 Å². The van der Waals surface area contributed by atoms with E-state index in [9.17, 15) is 18.0 Å². The van der Waals surface area contributed by atoms with Gasteiger partial charge in [0.1, 0.15) is 12.6 Å².